The highest BCUT2D eigenvalue weighted by molar-refractivity contribution is 9.10. The van der Waals surface area contributed by atoms with Crippen molar-refractivity contribution in [3.05, 3.63) is 22.7 Å². The largest absolute Gasteiger partial charge is 0.399 e. The van der Waals surface area contributed by atoms with Crippen LogP contribution in [-0.2, 0) is 10.0 Å². The fourth-order valence-corrected chi connectivity index (χ4v) is 5.07. The van der Waals surface area contributed by atoms with Gasteiger partial charge < -0.3 is 10.6 Å². The number of rotatable bonds is 5. The predicted molar refractivity (Wildman–Crippen MR) is 88.6 cm³/mol. The van der Waals surface area contributed by atoms with Crippen molar-refractivity contribution in [2.24, 2.45) is 0 Å². The van der Waals surface area contributed by atoms with E-state index in [1.54, 1.807) is 12.1 Å². The van der Waals surface area contributed by atoms with Gasteiger partial charge in [0.2, 0.25) is 10.0 Å². The van der Waals surface area contributed by atoms with E-state index >= 15 is 0 Å². The second kappa shape index (κ2) is 6.24. The molecule has 0 radical (unpaired) electrons. The smallest absolute Gasteiger partial charge is 0.241 e. The quantitative estimate of drug-likeness (QED) is 0.773. The van der Waals surface area contributed by atoms with E-state index in [2.05, 4.69) is 25.6 Å². The highest BCUT2D eigenvalue weighted by Crippen LogP contribution is 2.33. The number of hydrogen-bond donors (Lipinski definition) is 2. The van der Waals surface area contributed by atoms with Crippen molar-refractivity contribution in [1.82, 2.24) is 9.62 Å². The molecule has 5 nitrogen and oxygen atoms in total. The number of nitrogen functional groups attached to an aromatic ring is 1. The molecule has 0 aliphatic heterocycles. The topological polar surface area (TPSA) is 75.4 Å². The molecule has 0 aromatic heterocycles. The second-order valence-electron chi connectivity index (χ2n) is 5.84. The van der Waals surface area contributed by atoms with Gasteiger partial charge in [0.05, 0.1) is 4.90 Å². The predicted octanol–water partition coefficient (Wildman–Crippen LogP) is 2.18. The van der Waals surface area contributed by atoms with Gasteiger partial charge in [-0.25, -0.2) is 13.1 Å². The van der Waals surface area contributed by atoms with E-state index in [0.29, 0.717) is 16.7 Å². The summed E-state index contributed by atoms with van der Waals surface area (Å²) in [6.07, 6.45) is 4.33. The van der Waals surface area contributed by atoms with Gasteiger partial charge in [-0.1, -0.05) is 12.8 Å². The van der Waals surface area contributed by atoms with Crippen LogP contribution in [0.4, 0.5) is 5.69 Å². The molecule has 7 heteroatoms. The minimum absolute atomic E-state index is 0.0760. The molecule has 1 aromatic rings. The zero-order valence-corrected chi connectivity index (χ0v) is 14.8. The Balaban J connectivity index is 2.18. The van der Waals surface area contributed by atoms with Crippen LogP contribution in [-0.4, -0.2) is 39.5 Å². The molecular formula is C14H22BrN3O2S. The summed E-state index contributed by atoms with van der Waals surface area (Å²) in [5, 5.41) is 0. The van der Waals surface area contributed by atoms with Crippen LogP contribution < -0.4 is 10.5 Å². The summed E-state index contributed by atoms with van der Waals surface area (Å²) in [5.74, 6) is 0. The van der Waals surface area contributed by atoms with Gasteiger partial charge >= 0.3 is 0 Å². The molecule has 0 saturated heterocycles. The van der Waals surface area contributed by atoms with Crippen LogP contribution in [0.1, 0.15) is 25.7 Å². The Morgan fingerprint density at radius 3 is 2.48 bits per heavy atom. The summed E-state index contributed by atoms with van der Waals surface area (Å²) < 4.78 is 28.2. The van der Waals surface area contributed by atoms with E-state index in [-0.39, 0.29) is 10.4 Å². The van der Waals surface area contributed by atoms with E-state index < -0.39 is 10.0 Å². The SMILES string of the molecule is CN(C)C1(CNS(=O)(=O)c2ccc(N)cc2Br)CCCC1. The number of sulfonamides is 1. The molecule has 1 aliphatic carbocycles. The van der Waals surface area contributed by atoms with Gasteiger partial charge in [0.15, 0.2) is 0 Å². The molecule has 118 valence electrons. The van der Waals surface area contributed by atoms with Gasteiger partial charge in [-0.2, -0.15) is 0 Å². The standard InChI is InChI=1S/C14H22BrN3O2S/c1-18(2)14(7-3-4-8-14)10-17-21(19,20)13-6-5-11(16)9-12(13)15/h5-6,9,17H,3-4,7-8,10,16H2,1-2H3. The van der Waals surface area contributed by atoms with E-state index in [1.165, 1.54) is 6.07 Å². The molecule has 21 heavy (non-hydrogen) atoms. The molecule has 3 N–H and O–H groups in total. The maximum Gasteiger partial charge on any atom is 0.241 e. The zero-order chi connectivity index (χ0) is 15.7. The number of nitrogens with one attached hydrogen (secondary N) is 1. The maximum atomic E-state index is 12.5. The minimum Gasteiger partial charge on any atom is -0.399 e. The van der Waals surface area contributed by atoms with E-state index in [4.69, 9.17) is 5.73 Å². The molecule has 1 saturated carbocycles. The number of nitrogens with two attached hydrogens (primary N) is 1. The summed E-state index contributed by atoms with van der Waals surface area (Å²) in [5.41, 5.74) is 6.11. The van der Waals surface area contributed by atoms with Crippen LogP contribution in [0.3, 0.4) is 0 Å². The first-order valence-electron chi connectivity index (χ1n) is 6.99. The Kier molecular flexibility index (Phi) is 4.97. The van der Waals surface area contributed by atoms with Gasteiger partial charge in [0, 0.05) is 22.2 Å². The Labute approximate surface area is 135 Å². The first-order chi connectivity index (χ1) is 9.77. The second-order valence-corrected chi connectivity index (χ2v) is 8.43. The number of anilines is 1. The van der Waals surface area contributed by atoms with Crippen molar-refractivity contribution in [3.63, 3.8) is 0 Å². The lowest BCUT2D eigenvalue weighted by Crippen LogP contribution is -2.50. The number of hydrogen-bond acceptors (Lipinski definition) is 4. The molecule has 0 heterocycles. The van der Waals surface area contributed by atoms with Crippen LogP contribution in [0, 0.1) is 0 Å². The zero-order valence-electron chi connectivity index (χ0n) is 12.4. The first-order valence-corrected chi connectivity index (χ1v) is 9.27. The van der Waals surface area contributed by atoms with Gasteiger partial charge in [-0.3, -0.25) is 0 Å². The summed E-state index contributed by atoms with van der Waals surface area (Å²) in [6, 6.07) is 4.72. The molecule has 0 amide bonds. The van der Waals surface area contributed by atoms with Crippen molar-refractivity contribution < 1.29 is 8.42 Å². The van der Waals surface area contributed by atoms with Crippen molar-refractivity contribution in [2.45, 2.75) is 36.1 Å². The lowest BCUT2D eigenvalue weighted by molar-refractivity contribution is 0.162. The molecule has 0 unspecified atom stereocenters. The monoisotopic (exact) mass is 375 g/mol. The van der Waals surface area contributed by atoms with Crippen LogP contribution in [0.25, 0.3) is 0 Å². The Bertz CT molecular complexity index is 611. The van der Waals surface area contributed by atoms with E-state index in [0.717, 1.165) is 25.7 Å². The average Bonchev–Trinajstić information content (AvgIpc) is 2.86. The molecular weight excluding hydrogens is 354 g/mol. The molecule has 0 bridgehead atoms. The van der Waals surface area contributed by atoms with Crippen molar-refractivity contribution >= 4 is 31.6 Å². The average molecular weight is 376 g/mol. The molecule has 1 aliphatic rings. The Morgan fingerprint density at radius 1 is 1.33 bits per heavy atom. The van der Waals surface area contributed by atoms with Crippen molar-refractivity contribution in [1.29, 1.82) is 0 Å². The van der Waals surface area contributed by atoms with E-state index in [9.17, 15) is 8.42 Å². The third kappa shape index (κ3) is 3.59. The Morgan fingerprint density at radius 2 is 1.95 bits per heavy atom. The highest BCUT2D eigenvalue weighted by atomic mass is 79.9. The summed E-state index contributed by atoms with van der Waals surface area (Å²) >= 11 is 3.27. The lowest BCUT2D eigenvalue weighted by atomic mass is 9.97. The maximum absolute atomic E-state index is 12.5. The first kappa shape index (κ1) is 16.7. The van der Waals surface area contributed by atoms with Crippen molar-refractivity contribution in [2.75, 3.05) is 26.4 Å². The highest BCUT2D eigenvalue weighted by Gasteiger charge is 2.37. The van der Waals surface area contributed by atoms with Gasteiger partial charge in [-0.05, 0) is 61.1 Å². The third-order valence-corrected chi connectivity index (χ3v) is 6.70. The molecule has 0 spiro atoms. The molecule has 2 rings (SSSR count). The van der Waals surface area contributed by atoms with Crippen molar-refractivity contribution in [3.8, 4) is 0 Å². The normalized spacial score (nSPS) is 18.3. The van der Waals surface area contributed by atoms with Gasteiger partial charge in [0.25, 0.3) is 0 Å². The van der Waals surface area contributed by atoms with Crippen LogP contribution >= 0.6 is 15.9 Å². The summed E-state index contributed by atoms with van der Waals surface area (Å²) in [7, 11) is 0.479. The van der Waals surface area contributed by atoms with Crippen LogP contribution in [0.5, 0.6) is 0 Å². The van der Waals surface area contributed by atoms with E-state index in [1.807, 2.05) is 14.1 Å². The number of halogens is 1. The van der Waals surface area contributed by atoms with Gasteiger partial charge in [0.1, 0.15) is 0 Å². The summed E-state index contributed by atoms with van der Waals surface area (Å²) in [4.78, 5) is 2.36. The Hall–Kier alpha value is -0.630. The third-order valence-electron chi connectivity index (χ3n) is 4.32. The van der Waals surface area contributed by atoms with Crippen LogP contribution in [0.2, 0.25) is 0 Å². The fraction of sp³-hybridized carbons (Fsp3) is 0.571. The number of nitrogens with zero attached hydrogens (tertiary/aromatic N) is 1. The van der Waals surface area contributed by atoms with Gasteiger partial charge in [-0.15, -0.1) is 0 Å². The lowest BCUT2D eigenvalue weighted by Gasteiger charge is -2.36. The number of benzene rings is 1. The number of likely N-dealkylation sites (N-methyl/N-ethyl adjacent to an activating group) is 1. The summed E-state index contributed by atoms with van der Waals surface area (Å²) in [6.45, 7) is 0.430. The van der Waals surface area contributed by atoms with Crippen LogP contribution in [0.15, 0.2) is 27.6 Å². The fourth-order valence-electron chi connectivity index (χ4n) is 2.86. The minimum atomic E-state index is -3.55. The molecule has 1 aromatic carbocycles. The molecule has 0 atom stereocenters. The molecule has 1 fully saturated rings.